The van der Waals surface area contributed by atoms with Crippen molar-refractivity contribution in [3.63, 3.8) is 0 Å². The Bertz CT molecular complexity index is 1260. The van der Waals surface area contributed by atoms with E-state index in [1.807, 2.05) is 28.8 Å². The maximum atomic E-state index is 14.0. The summed E-state index contributed by atoms with van der Waals surface area (Å²) in [6, 6.07) is 9.10. The number of aromatic nitrogens is 2. The van der Waals surface area contributed by atoms with E-state index >= 15 is 0 Å². The molecule has 2 aromatic rings. The smallest absolute Gasteiger partial charge is 0.360 e. The SMILES string of the molecule is COCCO/N=C(\C(=O)O)c1nc2ccccc2n(C2CC3CCC(C2)N3C2CC3CCCCC(C3)C2)c1=O. The van der Waals surface area contributed by atoms with Gasteiger partial charge in [0.2, 0.25) is 5.71 Å². The molecular formula is C30H40N4O5. The molecule has 4 aliphatic rings. The molecule has 2 saturated heterocycles. The monoisotopic (exact) mass is 536 g/mol. The second-order valence-corrected chi connectivity index (χ2v) is 12.0. The largest absolute Gasteiger partial charge is 0.476 e. The van der Waals surface area contributed by atoms with E-state index < -0.39 is 17.2 Å². The standard InChI is InChI=1S/C30H40N4O5/c1-38-12-13-39-32-28(30(36)37)27-29(35)34(26-9-5-4-8-25(26)31-27)24-17-21-10-11-22(18-24)33(21)23-15-19-6-2-3-7-20(14-19)16-23/h4-5,8-9,19-24H,2-3,6-7,10-18H2,1H3,(H,36,37)/b32-28-. The number of piperidine rings is 1. The predicted molar refractivity (Wildman–Crippen MR) is 148 cm³/mol. The summed E-state index contributed by atoms with van der Waals surface area (Å²) in [5.41, 5.74) is 0.277. The number of carboxylic acid groups (broad SMARTS) is 1. The first-order valence-corrected chi connectivity index (χ1v) is 14.7. The van der Waals surface area contributed by atoms with Crippen LogP contribution in [-0.2, 0) is 14.4 Å². The number of hydrogen-bond acceptors (Lipinski definition) is 7. The van der Waals surface area contributed by atoms with Crippen LogP contribution in [0, 0.1) is 11.8 Å². The van der Waals surface area contributed by atoms with Gasteiger partial charge in [0.25, 0.3) is 5.56 Å². The number of carbonyl (C=O) groups is 1. The quantitative estimate of drug-likeness (QED) is 0.303. The minimum Gasteiger partial charge on any atom is -0.476 e. The second kappa shape index (κ2) is 11.4. The number of benzene rings is 1. The predicted octanol–water partition coefficient (Wildman–Crippen LogP) is 4.38. The molecule has 1 aromatic carbocycles. The van der Waals surface area contributed by atoms with Crippen molar-refractivity contribution in [3.8, 4) is 0 Å². The zero-order valence-electron chi connectivity index (χ0n) is 22.8. The third-order valence-corrected chi connectivity index (χ3v) is 9.66. The fraction of sp³-hybridized carbons (Fsp3) is 0.667. The molecule has 0 amide bonds. The number of para-hydroxylation sites is 2. The molecule has 3 heterocycles. The number of aliphatic carboxylic acids is 1. The first kappa shape index (κ1) is 26.4. The van der Waals surface area contributed by atoms with E-state index in [1.54, 1.807) is 0 Å². The Balaban J connectivity index is 1.32. The molecule has 9 heteroatoms. The van der Waals surface area contributed by atoms with Crippen LogP contribution in [-0.4, -0.2) is 69.7 Å². The van der Waals surface area contributed by atoms with Crippen LogP contribution in [0.1, 0.15) is 82.4 Å². The number of fused-ring (bicyclic) bond motifs is 5. The fourth-order valence-corrected chi connectivity index (χ4v) is 8.19. The maximum Gasteiger partial charge on any atom is 0.360 e. The second-order valence-electron chi connectivity index (χ2n) is 12.0. The average Bonchev–Trinajstić information content (AvgIpc) is 3.08. The van der Waals surface area contributed by atoms with Gasteiger partial charge in [0, 0.05) is 31.3 Å². The number of carboxylic acids is 1. The number of ether oxygens (including phenoxy) is 1. The van der Waals surface area contributed by atoms with Gasteiger partial charge in [-0.1, -0.05) is 43.0 Å². The summed E-state index contributed by atoms with van der Waals surface area (Å²) in [6.07, 6.45) is 13.8. The van der Waals surface area contributed by atoms with E-state index in [4.69, 9.17) is 9.57 Å². The van der Waals surface area contributed by atoms with Crippen LogP contribution >= 0.6 is 0 Å². The minimum atomic E-state index is -1.34. The van der Waals surface area contributed by atoms with Gasteiger partial charge < -0.3 is 19.2 Å². The highest BCUT2D eigenvalue weighted by Crippen LogP contribution is 2.47. The Morgan fingerprint density at radius 3 is 2.31 bits per heavy atom. The van der Waals surface area contributed by atoms with E-state index in [9.17, 15) is 14.7 Å². The highest BCUT2D eigenvalue weighted by Gasteiger charge is 2.47. The van der Waals surface area contributed by atoms with Crippen molar-refractivity contribution in [2.24, 2.45) is 17.0 Å². The summed E-state index contributed by atoms with van der Waals surface area (Å²) in [7, 11) is 1.52. The van der Waals surface area contributed by atoms with E-state index in [1.165, 1.54) is 64.9 Å². The van der Waals surface area contributed by atoms with Gasteiger partial charge in [-0.05, 0) is 68.9 Å². The van der Waals surface area contributed by atoms with E-state index in [0.717, 1.165) is 30.2 Å². The Morgan fingerprint density at radius 1 is 0.949 bits per heavy atom. The topological polar surface area (TPSA) is 106 Å². The molecular weight excluding hydrogens is 496 g/mol. The Morgan fingerprint density at radius 2 is 1.64 bits per heavy atom. The molecule has 2 saturated carbocycles. The summed E-state index contributed by atoms with van der Waals surface area (Å²) in [5, 5.41) is 13.7. The molecule has 210 valence electrons. The number of nitrogens with zero attached hydrogens (tertiary/aromatic N) is 4. The number of hydrogen-bond donors (Lipinski definition) is 1. The lowest BCUT2D eigenvalue weighted by molar-refractivity contribution is -0.129. The van der Waals surface area contributed by atoms with Crippen molar-refractivity contribution in [1.82, 2.24) is 14.5 Å². The lowest BCUT2D eigenvalue weighted by Gasteiger charge is -2.48. The molecule has 4 atom stereocenters. The molecule has 9 nitrogen and oxygen atoms in total. The minimum absolute atomic E-state index is 0.00628. The highest BCUT2D eigenvalue weighted by atomic mass is 16.6. The maximum absolute atomic E-state index is 14.0. The van der Waals surface area contributed by atoms with Crippen LogP contribution in [0.25, 0.3) is 11.0 Å². The summed E-state index contributed by atoms with van der Waals surface area (Å²) in [5.74, 6) is 0.414. The van der Waals surface area contributed by atoms with Gasteiger partial charge in [-0.15, -0.1) is 0 Å². The molecule has 0 spiro atoms. The van der Waals surface area contributed by atoms with Crippen molar-refractivity contribution in [1.29, 1.82) is 0 Å². The summed E-state index contributed by atoms with van der Waals surface area (Å²) >= 11 is 0. The van der Waals surface area contributed by atoms with Crippen LogP contribution in [0.2, 0.25) is 0 Å². The van der Waals surface area contributed by atoms with Gasteiger partial charge in [-0.2, -0.15) is 0 Å². The lowest BCUT2D eigenvalue weighted by Crippen LogP contribution is -2.52. The van der Waals surface area contributed by atoms with Gasteiger partial charge in [-0.3, -0.25) is 9.69 Å². The normalized spacial score (nSPS) is 31.3. The van der Waals surface area contributed by atoms with E-state index in [-0.39, 0.29) is 24.9 Å². The third-order valence-electron chi connectivity index (χ3n) is 9.66. The van der Waals surface area contributed by atoms with Gasteiger partial charge in [-0.25, -0.2) is 9.78 Å². The number of rotatable bonds is 8. The molecule has 1 aromatic heterocycles. The zero-order chi connectivity index (χ0) is 26.9. The highest BCUT2D eigenvalue weighted by molar-refractivity contribution is 6.41. The molecule has 39 heavy (non-hydrogen) atoms. The molecule has 1 N–H and O–H groups in total. The van der Waals surface area contributed by atoms with Crippen LogP contribution in [0.15, 0.2) is 34.2 Å². The number of methoxy groups -OCH3 is 1. The summed E-state index contributed by atoms with van der Waals surface area (Å²) < 4.78 is 6.76. The van der Waals surface area contributed by atoms with Crippen molar-refractivity contribution in [2.45, 2.75) is 94.8 Å². The van der Waals surface area contributed by atoms with Crippen LogP contribution in [0.3, 0.4) is 0 Å². The average molecular weight is 537 g/mol. The first-order chi connectivity index (χ1) is 19.0. The third kappa shape index (κ3) is 5.23. The van der Waals surface area contributed by atoms with Crippen LogP contribution < -0.4 is 5.56 Å². The Kier molecular flexibility index (Phi) is 7.71. The van der Waals surface area contributed by atoms with Crippen LogP contribution in [0.5, 0.6) is 0 Å². The molecule has 4 unspecified atom stereocenters. The van der Waals surface area contributed by atoms with Gasteiger partial charge in [0.15, 0.2) is 5.69 Å². The van der Waals surface area contributed by atoms with Gasteiger partial charge in [0.1, 0.15) is 6.61 Å². The van der Waals surface area contributed by atoms with E-state index in [2.05, 4.69) is 15.0 Å². The molecule has 4 fully saturated rings. The first-order valence-electron chi connectivity index (χ1n) is 14.7. The van der Waals surface area contributed by atoms with Crippen molar-refractivity contribution in [3.05, 3.63) is 40.3 Å². The van der Waals surface area contributed by atoms with Gasteiger partial charge >= 0.3 is 5.97 Å². The van der Waals surface area contributed by atoms with Crippen molar-refractivity contribution < 1.29 is 19.5 Å². The Hall–Kier alpha value is -2.78. The summed E-state index contributed by atoms with van der Waals surface area (Å²) in [6.45, 7) is 0.343. The number of oxime groups is 1. The molecule has 0 radical (unpaired) electrons. The fourth-order valence-electron chi connectivity index (χ4n) is 8.19. The lowest BCUT2D eigenvalue weighted by atomic mass is 9.76. The molecule has 2 aliphatic heterocycles. The molecule has 4 bridgehead atoms. The Labute approximate surface area is 229 Å². The van der Waals surface area contributed by atoms with Crippen molar-refractivity contribution >= 4 is 22.7 Å². The zero-order valence-corrected chi connectivity index (χ0v) is 22.8. The van der Waals surface area contributed by atoms with E-state index in [0.29, 0.717) is 23.6 Å². The molecule has 2 aliphatic carbocycles. The van der Waals surface area contributed by atoms with Gasteiger partial charge in [0.05, 0.1) is 17.6 Å². The molecule has 6 rings (SSSR count). The van der Waals surface area contributed by atoms with Crippen molar-refractivity contribution in [2.75, 3.05) is 20.3 Å². The summed E-state index contributed by atoms with van der Waals surface area (Å²) in [4.78, 5) is 38.6. The van der Waals surface area contributed by atoms with Crippen LogP contribution in [0.4, 0.5) is 0 Å².